The van der Waals surface area contributed by atoms with Gasteiger partial charge in [-0.05, 0) is 29.7 Å². The lowest BCUT2D eigenvalue weighted by Gasteiger charge is -2.11. The minimum atomic E-state index is -0.279. The molecule has 0 aliphatic carbocycles. The quantitative estimate of drug-likeness (QED) is 0.553. The number of nitrogens with one attached hydrogen (secondary N) is 1. The van der Waals surface area contributed by atoms with Gasteiger partial charge >= 0.3 is 0 Å². The van der Waals surface area contributed by atoms with Crippen LogP contribution in [-0.4, -0.2) is 17.0 Å². The van der Waals surface area contributed by atoms with E-state index in [-0.39, 0.29) is 11.7 Å². The number of halogens is 1. The second-order valence-electron chi connectivity index (χ2n) is 6.40. The van der Waals surface area contributed by atoms with Crippen LogP contribution in [0.2, 0.25) is 0 Å². The van der Waals surface area contributed by atoms with E-state index in [9.17, 15) is 9.18 Å². The van der Waals surface area contributed by atoms with Crippen LogP contribution in [0.5, 0.6) is 0 Å². The predicted octanol–water partition coefficient (Wildman–Crippen LogP) is 4.39. The Hall–Kier alpha value is -3.34. The molecule has 0 aliphatic heterocycles. The monoisotopic (exact) mass is 362 g/mol. The number of carbonyl (C=O) groups excluding carboxylic acids is 1. The van der Waals surface area contributed by atoms with E-state index in [0.29, 0.717) is 24.4 Å². The molecule has 2 heterocycles. The first-order valence-corrected chi connectivity index (χ1v) is 8.84. The third-order valence-corrected chi connectivity index (χ3v) is 4.55. The lowest BCUT2D eigenvalue weighted by atomic mass is 10.1. The number of rotatable bonds is 6. The SMILES string of the molecule is O=C(NCCc1ccccc1)c1cc2occc2n1Cc1ccc(F)cc1. The molecule has 27 heavy (non-hydrogen) atoms. The van der Waals surface area contributed by atoms with E-state index in [1.807, 2.05) is 41.0 Å². The first kappa shape index (κ1) is 17.1. The van der Waals surface area contributed by atoms with Crippen LogP contribution in [0, 0.1) is 5.82 Å². The molecule has 4 rings (SSSR count). The van der Waals surface area contributed by atoms with Crippen molar-refractivity contribution in [3.8, 4) is 0 Å². The van der Waals surface area contributed by atoms with Gasteiger partial charge in [0.05, 0.1) is 11.8 Å². The van der Waals surface area contributed by atoms with Gasteiger partial charge in [-0.15, -0.1) is 0 Å². The molecule has 0 saturated carbocycles. The second-order valence-corrected chi connectivity index (χ2v) is 6.40. The second kappa shape index (κ2) is 7.50. The summed E-state index contributed by atoms with van der Waals surface area (Å²) in [5.41, 5.74) is 4.11. The Labute approximate surface area is 156 Å². The number of nitrogens with zero attached hydrogens (tertiary/aromatic N) is 1. The highest BCUT2D eigenvalue weighted by molar-refractivity contribution is 5.97. The molecule has 0 radical (unpaired) electrons. The summed E-state index contributed by atoms with van der Waals surface area (Å²) >= 11 is 0. The van der Waals surface area contributed by atoms with Crippen molar-refractivity contribution >= 4 is 17.0 Å². The number of benzene rings is 2. The van der Waals surface area contributed by atoms with Gasteiger partial charge in [-0.1, -0.05) is 42.5 Å². The van der Waals surface area contributed by atoms with Crippen molar-refractivity contribution in [1.82, 2.24) is 9.88 Å². The molecule has 2 aromatic heterocycles. The van der Waals surface area contributed by atoms with Gasteiger partial charge in [0.15, 0.2) is 5.58 Å². The molecule has 0 aliphatic rings. The number of hydrogen-bond donors (Lipinski definition) is 1. The Bertz CT molecular complexity index is 1050. The number of amides is 1. The number of carbonyl (C=O) groups is 1. The Balaban J connectivity index is 1.52. The normalized spacial score (nSPS) is 11.0. The zero-order valence-corrected chi connectivity index (χ0v) is 14.7. The molecule has 0 bridgehead atoms. The fourth-order valence-corrected chi connectivity index (χ4v) is 3.16. The minimum absolute atomic E-state index is 0.153. The molecule has 0 saturated heterocycles. The average molecular weight is 362 g/mol. The van der Waals surface area contributed by atoms with Gasteiger partial charge in [0, 0.05) is 25.2 Å². The van der Waals surface area contributed by atoms with Crippen molar-refractivity contribution in [2.24, 2.45) is 0 Å². The number of fused-ring (bicyclic) bond motifs is 1. The molecule has 136 valence electrons. The zero-order chi connectivity index (χ0) is 18.6. The number of furan rings is 1. The van der Waals surface area contributed by atoms with E-state index in [4.69, 9.17) is 4.42 Å². The van der Waals surface area contributed by atoms with Crippen LogP contribution in [0.1, 0.15) is 21.6 Å². The first-order valence-electron chi connectivity index (χ1n) is 8.84. The maximum Gasteiger partial charge on any atom is 0.268 e. The Morgan fingerprint density at radius 2 is 1.78 bits per heavy atom. The van der Waals surface area contributed by atoms with E-state index in [1.165, 1.54) is 17.7 Å². The molecular weight excluding hydrogens is 343 g/mol. The molecule has 5 heteroatoms. The van der Waals surface area contributed by atoms with Crippen molar-refractivity contribution in [1.29, 1.82) is 0 Å². The molecule has 0 unspecified atom stereocenters. The first-order chi connectivity index (χ1) is 13.2. The Morgan fingerprint density at radius 1 is 1.00 bits per heavy atom. The molecule has 1 N–H and O–H groups in total. The maximum absolute atomic E-state index is 13.2. The molecule has 4 aromatic rings. The summed E-state index contributed by atoms with van der Waals surface area (Å²) in [7, 11) is 0. The zero-order valence-electron chi connectivity index (χ0n) is 14.7. The van der Waals surface area contributed by atoms with Crippen LogP contribution in [0.4, 0.5) is 4.39 Å². The van der Waals surface area contributed by atoms with E-state index in [2.05, 4.69) is 5.32 Å². The van der Waals surface area contributed by atoms with Gasteiger partial charge < -0.3 is 14.3 Å². The highest BCUT2D eigenvalue weighted by Gasteiger charge is 2.17. The molecular formula is C22H19FN2O2. The highest BCUT2D eigenvalue weighted by atomic mass is 19.1. The van der Waals surface area contributed by atoms with E-state index in [1.54, 1.807) is 24.5 Å². The average Bonchev–Trinajstić information content (AvgIpc) is 3.27. The molecule has 1 amide bonds. The predicted molar refractivity (Wildman–Crippen MR) is 102 cm³/mol. The van der Waals surface area contributed by atoms with Gasteiger partial charge in [0.2, 0.25) is 0 Å². The summed E-state index contributed by atoms with van der Waals surface area (Å²) in [6.45, 7) is 1.01. The Morgan fingerprint density at radius 3 is 2.56 bits per heavy atom. The lowest BCUT2D eigenvalue weighted by Crippen LogP contribution is -2.28. The van der Waals surface area contributed by atoms with Gasteiger partial charge in [-0.25, -0.2) is 4.39 Å². The third kappa shape index (κ3) is 3.77. The van der Waals surface area contributed by atoms with Crippen molar-refractivity contribution in [3.05, 3.63) is 95.6 Å². The van der Waals surface area contributed by atoms with Crippen LogP contribution < -0.4 is 5.32 Å². The smallest absolute Gasteiger partial charge is 0.268 e. The molecule has 2 aromatic carbocycles. The topological polar surface area (TPSA) is 47.2 Å². The summed E-state index contributed by atoms with van der Waals surface area (Å²) in [6.07, 6.45) is 2.37. The largest absolute Gasteiger partial charge is 0.463 e. The molecule has 0 fully saturated rings. The molecule has 0 atom stereocenters. The number of aromatic nitrogens is 1. The summed E-state index contributed by atoms with van der Waals surface area (Å²) in [4.78, 5) is 12.7. The standard InChI is InChI=1S/C22H19FN2O2/c23-18-8-6-17(7-9-18)15-25-19-11-13-27-21(19)14-20(25)22(26)24-12-10-16-4-2-1-3-5-16/h1-9,11,13-14H,10,12,15H2,(H,24,26). The summed E-state index contributed by atoms with van der Waals surface area (Å²) in [5, 5.41) is 2.97. The van der Waals surface area contributed by atoms with Gasteiger partial charge in [-0.3, -0.25) is 4.79 Å². The van der Waals surface area contributed by atoms with E-state index in [0.717, 1.165) is 17.5 Å². The van der Waals surface area contributed by atoms with Gasteiger partial charge in [-0.2, -0.15) is 0 Å². The van der Waals surface area contributed by atoms with Crippen LogP contribution in [0.15, 0.2) is 77.4 Å². The fourth-order valence-electron chi connectivity index (χ4n) is 3.16. The van der Waals surface area contributed by atoms with Crippen molar-refractivity contribution in [3.63, 3.8) is 0 Å². The highest BCUT2D eigenvalue weighted by Crippen LogP contribution is 2.22. The summed E-state index contributed by atoms with van der Waals surface area (Å²) in [5.74, 6) is -0.432. The van der Waals surface area contributed by atoms with Crippen LogP contribution >= 0.6 is 0 Å². The van der Waals surface area contributed by atoms with Crippen molar-refractivity contribution < 1.29 is 13.6 Å². The minimum Gasteiger partial charge on any atom is -0.463 e. The Kier molecular flexibility index (Phi) is 4.75. The van der Waals surface area contributed by atoms with Crippen LogP contribution in [0.25, 0.3) is 11.1 Å². The fraction of sp³-hybridized carbons (Fsp3) is 0.136. The van der Waals surface area contributed by atoms with E-state index >= 15 is 0 Å². The molecule has 0 spiro atoms. The van der Waals surface area contributed by atoms with E-state index < -0.39 is 0 Å². The summed E-state index contributed by atoms with van der Waals surface area (Å²) < 4.78 is 20.5. The molecule has 4 nitrogen and oxygen atoms in total. The van der Waals surface area contributed by atoms with Crippen LogP contribution in [-0.2, 0) is 13.0 Å². The number of hydrogen-bond acceptors (Lipinski definition) is 2. The van der Waals surface area contributed by atoms with Crippen molar-refractivity contribution in [2.75, 3.05) is 6.54 Å². The lowest BCUT2D eigenvalue weighted by molar-refractivity contribution is 0.0945. The van der Waals surface area contributed by atoms with Gasteiger partial charge in [0.25, 0.3) is 5.91 Å². The van der Waals surface area contributed by atoms with Crippen LogP contribution in [0.3, 0.4) is 0 Å². The summed E-state index contributed by atoms with van der Waals surface area (Å²) in [6, 6.07) is 19.9. The third-order valence-electron chi connectivity index (χ3n) is 4.55. The van der Waals surface area contributed by atoms with Gasteiger partial charge in [0.1, 0.15) is 11.5 Å². The maximum atomic E-state index is 13.2. The van der Waals surface area contributed by atoms with Crippen molar-refractivity contribution in [2.45, 2.75) is 13.0 Å².